The third-order valence-corrected chi connectivity index (χ3v) is 2.64. The molecule has 0 spiro atoms. The highest BCUT2D eigenvalue weighted by molar-refractivity contribution is 9.10. The average Bonchev–Trinajstić information content (AvgIpc) is 2.70. The molecule has 1 atom stereocenters. The van der Waals surface area contributed by atoms with E-state index in [9.17, 15) is 0 Å². The summed E-state index contributed by atoms with van der Waals surface area (Å²) in [6.07, 6.45) is 0. The van der Waals surface area contributed by atoms with Crippen molar-refractivity contribution in [1.82, 2.24) is 10.2 Å². The number of halogens is 1. The Balaban J connectivity index is 2.18. The Morgan fingerprint density at radius 1 is 1.38 bits per heavy atom. The van der Waals surface area contributed by atoms with Crippen molar-refractivity contribution in [3.8, 4) is 0 Å². The second-order valence-electron chi connectivity index (χ2n) is 3.34. The SMILES string of the molecule is CC(N)c1nnc(Nc2ccccc2Br)o1. The second kappa shape index (κ2) is 4.63. The van der Waals surface area contributed by atoms with E-state index in [4.69, 9.17) is 10.2 Å². The van der Waals surface area contributed by atoms with E-state index in [1.54, 1.807) is 6.92 Å². The van der Waals surface area contributed by atoms with Crippen molar-refractivity contribution in [1.29, 1.82) is 0 Å². The van der Waals surface area contributed by atoms with Crippen LogP contribution in [0, 0.1) is 0 Å². The number of rotatable bonds is 3. The molecule has 1 aromatic carbocycles. The molecule has 0 fully saturated rings. The Labute approximate surface area is 101 Å². The summed E-state index contributed by atoms with van der Waals surface area (Å²) in [4.78, 5) is 0. The summed E-state index contributed by atoms with van der Waals surface area (Å²) in [5.74, 6) is 0.412. The largest absolute Gasteiger partial charge is 0.406 e. The highest BCUT2D eigenvalue weighted by Gasteiger charge is 2.10. The fourth-order valence-electron chi connectivity index (χ4n) is 1.15. The van der Waals surface area contributed by atoms with E-state index in [-0.39, 0.29) is 6.04 Å². The fourth-order valence-corrected chi connectivity index (χ4v) is 1.53. The molecule has 2 rings (SSSR count). The molecule has 3 N–H and O–H groups in total. The molecule has 1 heterocycles. The van der Waals surface area contributed by atoms with Crippen LogP contribution in [0.15, 0.2) is 33.2 Å². The zero-order chi connectivity index (χ0) is 11.5. The Morgan fingerprint density at radius 3 is 2.75 bits per heavy atom. The number of nitrogens with one attached hydrogen (secondary N) is 1. The number of aromatic nitrogens is 2. The minimum Gasteiger partial charge on any atom is -0.406 e. The van der Waals surface area contributed by atoms with Gasteiger partial charge in [0, 0.05) is 4.47 Å². The lowest BCUT2D eigenvalue weighted by molar-refractivity contribution is 0.475. The van der Waals surface area contributed by atoms with Crippen LogP contribution in [0.3, 0.4) is 0 Å². The molecular weight excluding hydrogens is 272 g/mol. The Bertz CT molecular complexity index is 483. The molecule has 0 aliphatic carbocycles. The van der Waals surface area contributed by atoms with Crippen LogP contribution in [0.5, 0.6) is 0 Å². The minimum absolute atomic E-state index is 0.262. The van der Waals surface area contributed by atoms with Gasteiger partial charge in [-0.15, -0.1) is 5.10 Å². The van der Waals surface area contributed by atoms with E-state index in [1.807, 2.05) is 24.3 Å². The van der Waals surface area contributed by atoms with Crippen LogP contribution in [-0.2, 0) is 0 Å². The molecule has 0 aliphatic rings. The van der Waals surface area contributed by atoms with Gasteiger partial charge in [0.1, 0.15) is 0 Å². The molecular formula is C10H11BrN4O. The number of hydrogen-bond acceptors (Lipinski definition) is 5. The summed E-state index contributed by atoms with van der Waals surface area (Å²) in [7, 11) is 0. The first kappa shape index (κ1) is 11.1. The number of anilines is 2. The molecule has 2 aromatic rings. The van der Waals surface area contributed by atoms with Crippen molar-refractivity contribution in [2.75, 3.05) is 5.32 Å². The van der Waals surface area contributed by atoms with E-state index >= 15 is 0 Å². The third-order valence-electron chi connectivity index (χ3n) is 1.95. The van der Waals surface area contributed by atoms with Gasteiger partial charge in [0.15, 0.2) is 0 Å². The van der Waals surface area contributed by atoms with Gasteiger partial charge in [0.25, 0.3) is 0 Å². The zero-order valence-corrected chi connectivity index (χ0v) is 10.2. The normalized spacial score (nSPS) is 12.4. The van der Waals surface area contributed by atoms with Crippen molar-refractivity contribution in [2.45, 2.75) is 13.0 Å². The lowest BCUT2D eigenvalue weighted by atomic mass is 10.3. The molecule has 5 nitrogen and oxygen atoms in total. The van der Waals surface area contributed by atoms with Gasteiger partial charge in [-0.2, -0.15) is 0 Å². The summed E-state index contributed by atoms with van der Waals surface area (Å²) in [5, 5.41) is 10.7. The predicted molar refractivity (Wildman–Crippen MR) is 64.3 cm³/mol. The first-order chi connectivity index (χ1) is 7.66. The summed E-state index contributed by atoms with van der Waals surface area (Å²) in [5.41, 5.74) is 6.48. The lowest BCUT2D eigenvalue weighted by Crippen LogP contribution is -2.04. The standard InChI is InChI=1S/C10H11BrN4O/c1-6(12)9-14-15-10(16-9)13-8-5-3-2-4-7(8)11/h2-6H,12H2,1H3,(H,13,15). The maximum Gasteiger partial charge on any atom is 0.320 e. The first-order valence-electron chi connectivity index (χ1n) is 4.77. The summed E-state index contributed by atoms with van der Waals surface area (Å²) >= 11 is 3.41. The Morgan fingerprint density at radius 2 is 2.12 bits per heavy atom. The van der Waals surface area contributed by atoms with Gasteiger partial charge in [-0.3, -0.25) is 0 Å². The van der Waals surface area contributed by atoms with Gasteiger partial charge in [0.2, 0.25) is 5.89 Å². The van der Waals surface area contributed by atoms with Crippen LogP contribution >= 0.6 is 15.9 Å². The number of nitrogens with two attached hydrogens (primary N) is 1. The maximum absolute atomic E-state index is 5.62. The van der Waals surface area contributed by atoms with E-state index in [1.165, 1.54) is 0 Å². The van der Waals surface area contributed by atoms with Crippen molar-refractivity contribution < 1.29 is 4.42 Å². The smallest absolute Gasteiger partial charge is 0.320 e. The highest BCUT2D eigenvalue weighted by atomic mass is 79.9. The monoisotopic (exact) mass is 282 g/mol. The molecule has 0 saturated carbocycles. The van der Waals surface area contributed by atoms with Crippen molar-refractivity contribution in [2.24, 2.45) is 5.73 Å². The van der Waals surface area contributed by atoms with Gasteiger partial charge in [0.05, 0.1) is 11.7 Å². The van der Waals surface area contributed by atoms with Gasteiger partial charge in [-0.1, -0.05) is 17.2 Å². The van der Waals surface area contributed by atoms with Gasteiger partial charge in [-0.05, 0) is 35.0 Å². The van der Waals surface area contributed by atoms with Crippen LogP contribution in [-0.4, -0.2) is 10.2 Å². The second-order valence-corrected chi connectivity index (χ2v) is 4.19. The van der Waals surface area contributed by atoms with Crippen molar-refractivity contribution >= 4 is 27.6 Å². The maximum atomic E-state index is 5.62. The van der Waals surface area contributed by atoms with Crippen LogP contribution in [0.4, 0.5) is 11.7 Å². The summed E-state index contributed by atoms with van der Waals surface area (Å²) in [6, 6.07) is 7.73. The average molecular weight is 283 g/mol. The topological polar surface area (TPSA) is 77.0 Å². The zero-order valence-electron chi connectivity index (χ0n) is 8.64. The fraction of sp³-hybridized carbons (Fsp3) is 0.200. The lowest BCUT2D eigenvalue weighted by Gasteiger charge is -2.03. The molecule has 16 heavy (non-hydrogen) atoms. The Hall–Kier alpha value is -1.40. The van der Waals surface area contributed by atoms with Gasteiger partial charge >= 0.3 is 6.01 Å². The van der Waals surface area contributed by atoms with Crippen LogP contribution in [0.1, 0.15) is 18.9 Å². The number of benzene rings is 1. The molecule has 0 bridgehead atoms. The van der Waals surface area contributed by atoms with Crippen LogP contribution in [0.25, 0.3) is 0 Å². The Kier molecular flexibility index (Phi) is 3.21. The molecule has 0 amide bonds. The molecule has 1 unspecified atom stereocenters. The first-order valence-corrected chi connectivity index (χ1v) is 5.56. The highest BCUT2D eigenvalue weighted by Crippen LogP contribution is 2.25. The predicted octanol–water partition coefficient (Wildman–Crippen LogP) is 2.60. The molecule has 1 aromatic heterocycles. The third kappa shape index (κ3) is 2.40. The quantitative estimate of drug-likeness (QED) is 0.905. The van der Waals surface area contributed by atoms with Crippen molar-refractivity contribution in [3.05, 3.63) is 34.6 Å². The van der Waals surface area contributed by atoms with Crippen LogP contribution < -0.4 is 11.1 Å². The summed E-state index contributed by atoms with van der Waals surface area (Å²) in [6.45, 7) is 1.79. The van der Waals surface area contributed by atoms with E-state index in [2.05, 4.69) is 31.4 Å². The molecule has 6 heteroatoms. The molecule has 0 aliphatic heterocycles. The van der Waals surface area contributed by atoms with Crippen molar-refractivity contribution in [3.63, 3.8) is 0 Å². The molecule has 0 radical (unpaired) electrons. The van der Waals surface area contributed by atoms with E-state index < -0.39 is 0 Å². The minimum atomic E-state index is -0.262. The van der Waals surface area contributed by atoms with E-state index in [0.717, 1.165) is 10.2 Å². The van der Waals surface area contributed by atoms with Gasteiger partial charge < -0.3 is 15.5 Å². The molecule has 84 valence electrons. The number of para-hydroxylation sites is 1. The summed E-state index contributed by atoms with van der Waals surface area (Å²) < 4.78 is 6.25. The van der Waals surface area contributed by atoms with E-state index in [0.29, 0.717) is 11.9 Å². The number of hydrogen-bond donors (Lipinski definition) is 2. The number of nitrogens with zero attached hydrogens (tertiary/aromatic N) is 2. The molecule has 0 saturated heterocycles. The van der Waals surface area contributed by atoms with Crippen LogP contribution in [0.2, 0.25) is 0 Å². The van der Waals surface area contributed by atoms with Gasteiger partial charge in [-0.25, -0.2) is 0 Å².